The molecule has 1 fully saturated rings. The lowest BCUT2D eigenvalue weighted by molar-refractivity contribution is -0.150. The number of β-lactam (4-membered cyclic amide) rings is 1. The van der Waals surface area contributed by atoms with E-state index in [1.807, 2.05) is 0 Å². The zero-order valence-electron chi connectivity index (χ0n) is 18.6. The van der Waals surface area contributed by atoms with Crippen molar-refractivity contribution in [3.05, 3.63) is 47.0 Å². The van der Waals surface area contributed by atoms with E-state index in [1.165, 1.54) is 30.0 Å². The Hall–Kier alpha value is -3.41. The Bertz CT molecular complexity index is 1420. The second kappa shape index (κ2) is 10.5. The minimum absolute atomic E-state index is 0.0420. The quantitative estimate of drug-likeness (QED) is 0.168. The molecule has 0 spiro atoms. The van der Waals surface area contributed by atoms with Crippen molar-refractivity contribution >= 4 is 57.4 Å². The van der Waals surface area contributed by atoms with Crippen LogP contribution in [0.25, 0.3) is 0 Å². The van der Waals surface area contributed by atoms with Crippen LogP contribution in [0.2, 0.25) is 0 Å². The van der Waals surface area contributed by atoms with Crippen molar-refractivity contribution in [1.82, 2.24) is 20.4 Å². The van der Waals surface area contributed by atoms with Crippen LogP contribution in [-0.2, 0) is 42.1 Å². The van der Waals surface area contributed by atoms with E-state index in [9.17, 15) is 37.3 Å². The van der Waals surface area contributed by atoms with Crippen molar-refractivity contribution in [3.63, 3.8) is 0 Å². The van der Waals surface area contributed by atoms with E-state index in [1.54, 1.807) is 0 Å². The molecule has 2 aliphatic heterocycles. The highest BCUT2D eigenvalue weighted by Crippen LogP contribution is 2.41. The van der Waals surface area contributed by atoms with Crippen LogP contribution in [0.4, 0.5) is 0 Å². The minimum Gasteiger partial charge on any atom is -0.481 e. The number of fused-ring (bicyclic) bond motifs is 1. The number of nitrogens with one attached hydrogen (secondary N) is 1. The number of thioether (sulfide) groups is 2. The van der Waals surface area contributed by atoms with Crippen LogP contribution in [0.5, 0.6) is 0 Å². The Morgan fingerprint density at radius 1 is 1.19 bits per heavy atom. The maximum absolute atomic E-state index is 12.8. The molecule has 2 aliphatic rings. The molecule has 1 saturated heterocycles. The maximum atomic E-state index is 12.8. The second-order valence-electron chi connectivity index (χ2n) is 7.79. The number of benzene rings is 1. The molecule has 2 amide bonds. The van der Waals surface area contributed by atoms with Gasteiger partial charge in [-0.1, -0.05) is 30.0 Å². The molecule has 4 rings (SSSR count). The van der Waals surface area contributed by atoms with Crippen molar-refractivity contribution < 1.29 is 46.8 Å². The van der Waals surface area contributed by atoms with Gasteiger partial charge in [-0.3, -0.25) is 23.8 Å². The standard InChI is InChI=1S/C20H18N4O10S3/c25-12(5-9-3-1-2-4-11(9)37(31,32)33)21-15-17(28)24-16(19(29)30)10(7-35-18(15)24)8-36-20-23-22-13(34-20)6-14(26)27/h1-4,15,18H,5-8H2,(H,21,25)(H,26,27)(H,29,30)(H,31,32,33)/t15?,18-/m1/s1. The summed E-state index contributed by atoms with van der Waals surface area (Å²) in [5.41, 5.74) is 0.214. The van der Waals surface area contributed by atoms with Gasteiger partial charge in [-0.25, -0.2) is 4.79 Å². The summed E-state index contributed by atoms with van der Waals surface area (Å²) in [6.45, 7) is 0. The third kappa shape index (κ3) is 5.79. The van der Waals surface area contributed by atoms with Crippen molar-refractivity contribution in [2.24, 2.45) is 0 Å². The van der Waals surface area contributed by atoms with Gasteiger partial charge in [0.25, 0.3) is 21.2 Å². The van der Waals surface area contributed by atoms with Crippen LogP contribution in [0.1, 0.15) is 11.5 Å². The average molecular weight is 571 g/mol. The zero-order chi connectivity index (χ0) is 26.9. The number of aliphatic carboxylic acids is 2. The molecule has 17 heteroatoms. The van der Waals surface area contributed by atoms with Gasteiger partial charge in [0.1, 0.15) is 23.5 Å². The molecule has 37 heavy (non-hydrogen) atoms. The molecule has 0 radical (unpaired) electrons. The van der Waals surface area contributed by atoms with Gasteiger partial charge >= 0.3 is 11.9 Å². The minimum atomic E-state index is -4.56. The Labute approximate surface area is 217 Å². The summed E-state index contributed by atoms with van der Waals surface area (Å²) in [7, 11) is -4.56. The van der Waals surface area contributed by atoms with E-state index in [0.717, 1.165) is 22.7 Å². The summed E-state index contributed by atoms with van der Waals surface area (Å²) in [6.07, 6.45) is -0.875. The Morgan fingerprint density at radius 3 is 2.59 bits per heavy atom. The third-order valence-electron chi connectivity index (χ3n) is 5.29. The van der Waals surface area contributed by atoms with Gasteiger partial charge in [-0.15, -0.1) is 22.0 Å². The molecule has 2 aromatic rings. The van der Waals surface area contributed by atoms with Gasteiger partial charge in [-0.2, -0.15) is 8.42 Å². The van der Waals surface area contributed by atoms with Gasteiger partial charge in [0.2, 0.25) is 11.8 Å². The van der Waals surface area contributed by atoms with Gasteiger partial charge in [0.05, 0.1) is 11.3 Å². The summed E-state index contributed by atoms with van der Waals surface area (Å²) >= 11 is 2.23. The van der Waals surface area contributed by atoms with E-state index >= 15 is 0 Å². The lowest BCUT2D eigenvalue weighted by atomic mass is 10.0. The Balaban J connectivity index is 1.43. The van der Waals surface area contributed by atoms with Crippen molar-refractivity contribution in [2.75, 3.05) is 11.5 Å². The van der Waals surface area contributed by atoms with Crippen LogP contribution in [-0.4, -0.2) is 85.0 Å². The van der Waals surface area contributed by atoms with Gasteiger partial charge in [-0.05, 0) is 17.2 Å². The number of nitrogens with zero attached hydrogens (tertiary/aromatic N) is 3. The lowest BCUT2D eigenvalue weighted by Crippen LogP contribution is -2.70. The zero-order valence-corrected chi connectivity index (χ0v) is 21.0. The Kier molecular flexibility index (Phi) is 7.58. The maximum Gasteiger partial charge on any atom is 0.352 e. The summed E-state index contributed by atoms with van der Waals surface area (Å²) < 4.78 is 37.6. The normalized spacial score (nSPS) is 19.3. The first-order chi connectivity index (χ1) is 17.5. The molecule has 4 N–H and O–H groups in total. The van der Waals surface area contributed by atoms with Crippen molar-refractivity contribution in [1.29, 1.82) is 0 Å². The highest BCUT2D eigenvalue weighted by Gasteiger charge is 2.54. The molecule has 1 aromatic heterocycles. The first kappa shape index (κ1) is 26.6. The predicted molar refractivity (Wildman–Crippen MR) is 126 cm³/mol. The number of aromatic nitrogens is 2. The monoisotopic (exact) mass is 570 g/mol. The summed E-state index contributed by atoms with van der Waals surface area (Å²) in [5.74, 6) is -3.60. The fourth-order valence-corrected chi connectivity index (χ4v) is 6.73. The number of carbonyl (C=O) groups is 4. The number of amides is 2. The number of carbonyl (C=O) groups excluding carboxylic acids is 2. The van der Waals surface area contributed by atoms with Crippen molar-refractivity contribution in [2.45, 2.75) is 34.4 Å². The van der Waals surface area contributed by atoms with Gasteiger partial charge in [0.15, 0.2) is 0 Å². The molecular weight excluding hydrogens is 552 g/mol. The van der Waals surface area contributed by atoms with Crippen LogP contribution in [0.15, 0.2) is 50.1 Å². The van der Waals surface area contributed by atoms with Crippen LogP contribution < -0.4 is 5.32 Å². The fourth-order valence-electron chi connectivity index (χ4n) is 3.74. The predicted octanol–water partition coefficient (Wildman–Crippen LogP) is 0.0168. The number of carboxylic acids is 2. The third-order valence-corrected chi connectivity index (χ3v) is 8.49. The first-order valence-corrected chi connectivity index (χ1v) is 13.8. The summed E-state index contributed by atoms with van der Waals surface area (Å²) in [4.78, 5) is 48.7. The molecule has 14 nitrogen and oxygen atoms in total. The molecular formula is C20H18N4O10S3. The van der Waals surface area contributed by atoms with Crippen molar-refractivity contribution in [3.8, 4) is 0 Å². The molecule has 1 unspecified atom stereocenters. The van der Waals surface area contributed by atoms with Crippen LogP contribution >= 0.6 is 23.5 Å². The molecule has 0 saturated carbocycles. The molecule has 3 heterocycles. The first-order valence-electron chi connectivity index (χ1n) is 10.4. The van der Waals surface area contributed by atoms with E-state index in [4.69, 9.17) is 9.52 Å². The number of hydrogen-bond donors (Lipinski definition) is 4. The lowest BCUT2D eigenvalue weighted by Gasteiger charge is -2.49. The van der Waals surface area contributed by atoms with E-state index < -0.39 is 63.0 Å². The molecule has 0 aliphatic carbocycles. The summed E-state index contributed by atoms with van der Waals surface area (Å²) in [5, 5.41) is 27.7. The number of hydrogen-bond acceptors (Lipinski definition) is 11. The van der Waals surface area contributed by atoms with E-state index in [2.05, 4.69) is 15.5 Å². The van der Waals surface area contributed by atoms with Crippen LogP contribution in [0.3, 0.4) is 0 Å². The smallest absolute Gasteiger partial charge is 0.352 e. The van der Waals surface area contributed by atoms with E-state index in [-0.39, 0.29) is 33.9 Å². The SMILES string of the molecule is O=C(O)Cc1nnc(SCC2=C(C(=O)O)N3C(=O)C(NC(=O)Cc4ccccc4S(=O)(=O)O)[C@H]3SC2)o1. The molecule has 2 atom stereocenters. The average Bonchev–Trinajstić information content (AvgIpc) is 3.26. The number of rotatable bonds is 10. The Morgan fingerprint density at radius 2 is 1.92 bits per heavy atom. The second-order valence-corrected chi connectivity index (χ2v) is 11.2. The molecule has 0 bridgehead atoms. The fraction of sp³-hybridized carbons (Fsp3) is 0.300. The van der Waals surface area contributed by atoms with Crippen LogP contribution in [0, 0.1) is 0 Å². The highest BCUT2D eigenvalue weighted by atomic mass is 32.2. The topological polar surface area (TPSA) is 217 Å². The number of carboxylic acid groups (broad SMARTS) is 2. The van der Waals surface area contributed by atoms with Gasteiger partial charge < -0.3 is 19.9 Å². The van der Waals surface area contributed by atoms with Gasteiger partial charge in [0, 0.05) is 11.5 Å². The largest absolute Gasteiger partial charge is 0.481 e. The summed E-state index contributed by atoms with van der Waals surface area (Å²) in [6, 6.07) is 4.37. The molecule has 196 valence electrons. The highest BCUT2D eigenvalue weighted by molar-refractivity contribution is 8.01. The van der Waals surface area contributed by atoms with E-state index in [0.29, 0.717) is 5.57 Å². The molecule has 1 aromatic carbocycles.